The first-order valence-electron chi connectivity index (χ1n) is 8.30. The van der Waals surface area contributed by atoms with Crippen molar-refractivity contribution in [2.45, 2.75) is 44.0 Å². The molecule has 7 heteroatoms. The molecule has 1 aliphatic rings. The maximum Gasteiger partial charge on any atom is 0.243 e. The summed E-state index contributed by atoms with van der Waals surface area (Å²) in [4.78, 5) is 12.6. The summed E-state index contributed by atoms with van der Waals surface area (Å²) < 4.78 is 32.0. The Morgan fingerprint density at radius 3 is 2.58 bits per heavy atom. The van der Waals surface area contributed by atoms with Crippen molar-refractivity contribution in [2.24, 2.45) is 5.92 Å². The maximum absolute atomic E-state index is 12.8. The number of hydrogen-bond acceptors (Lipinski definition) is 4. The molecule has 1 N–H and O–H groups in total. The van der Waals surface area contributed by atoms with Crippen molar-refractivity contribution >= 4 is 15.9 Å². The number of sulfonamides is 1. The summed E-state index contributed by atoms with van der Waals surface area (Å²) in [5.41, 5.74) is 0. The lowest BCUT2D eigenvalue weighted by atomic mass is 10.1. The molecule has 2 rings (SSSR count). The Balaban J connectivity index is 2.11. The molecule has 1 aliphatic heterocycles. The molecule has 0 radical (unpaired) electrons. The van der Waals surface area contributed by atoms with E-state index in [1.54, 1.807) is 12.1 Å². The largest absolute Gasteiger partial charge is 0.497 e. The van der Waals surface area contributed by atoms with E-state index in [0.29, 0.717) is 37.6 Å². The Bertz CT molecular complexity index is 656. The molecule has 1 unspecified atom stereocenters. The zero-order valence-electron chi connectivity index (χ0n) is 14.5. The average molecular weight is 354 g/mol. The summed E-state index contributed by atoms with van der Waals surface area (Å²) >= 11 is 0. The van der Waals surface area contributed by atoms with Crippen LogP contribution >= 0.6 is 0 Å². The van der Waals surface area contributed by atoms with Gasteiger partial charge in [0.05, 0.1) is 12.0 Å². The highest BCUT2D eigenvalue weighted by Crippen LogP contribution is 2.27. The fourth-order valence-electron chi connectivity index (χ4n) is 2.77. The van der Waals surface area contributed by atoms with Crippen molar-refractivity contribution in [3.8, 4) is 5.75 Å². The minimum absolute atomic E-state index is 0.185. The van der Waals surface area contributed by atoms with Gasteiger partial charge >= 0.3 is 0 Å². The van der Waals surface area contributed by atoms with E-state index in [4.69, 9.17) is 4.74 Å². The van der Waals surface area contributed by atoms with Crippen molar-refractivity contribution in [2.75, 3.05) is 20.2 Å². The standard InChI is InChI=1S/C17H26N2O4S/c1-13(2)10-11-18-17(20)16-5-4-12-19(16)24(21,22)15-8-6-14(23-3)7-9-15/h6-9,13,16H,4-5,10-12H2,1-3H3,(H,18,20). The summed E-state index contributed by atoms with van der Waals surface area (Å²) in [6.45, 7) is 5.12. The average Bonchev–Trinajstić information content (AvgIpc) is 3.05. The lowest BCUT2D eigenvalue weighted by Gasteiger charge is -2.23. The smallest absolute Gasteiger partial charge is 0.243 e. The molecule has 1 heterocycles. The molecule has 0 aromatic heterocycles. The summed E-state index contributed by atoms with van der Waals surface area (Å²) in [6, 6.07) is 5.63. The third kappa shape index (κ3) is 4.27. The molecule has 1 saturated heterocycles. The minimum atomic E-state index is -3.68. The lowest BCUT2D eigenvalue weighted by molar-refractivity contribution is -0.124. The number of benzene rings is 1. The highest BCUT2D eigenvalue weighted by molar-refractivity contribution is 7.89. The number of rotatable bonds is 7. The number of hydrogen-bond donors (Lipinski definition) is 1. The predicted octanol–water partition coefficient (Wildman–Crippen LogP) is 2.01. The van der Waals surface area contributed by atoms with Crippen LogP contribution in [0.2, 0.25) is 0 Å². The van der Waals surface area contributed by atoms with Crippen molar-refractivity contribution < 1.29 is 17.9 Å². The molecule has 6 nitrogen and oxygen atoms in total. The van der Waals surface area contributed by atoms with E-state index in [1.807, 2.05) is 0 Å². The monoisotopic (exact) mass is 354 g/mol. The van der Waals surface area contributed by atoms with Gasteiger partial charge in [0.2, 0.25) is 15.9 Å². The molecule has 0 aliphatic carbocycles. The molecule has 0 bridgehead atoms. The van der Waals surface area contributed by atoms with Gasteiger partial charge in [-0.3, -0.25) is 4.79 Å². The van der Waals surface area contributed by atoms with E-state index in [0.717, 1.165) is 6.42 Å². The van der Waals surface area contributed by atoms with Crippen molar-refractivity contribution in [3.05, 3.63) is 24.3 Å². The van der Waals surface area contributed by atoms with E-state index >= 15 is 0 Å². The molecule has 0 saturated carbocycles. The second-order valence-electron chi connectivity index (χ2n) is 6.42. The van der Waals surface area contributed by atoms with E-state index in [2.05, 4.69) is 19.2 Å². The number of methoxy groups -OCH3 is 1. The first kappa shape index (κ1) is 18.7. The molecule has 1 aromatic rings. The maximum atomic E-state index is 12.8. The SMILES string of the molecule is COc1ccc(S(=O)(=O)N2CCCC2C(=O)NCCC(C)C)cc1. The zero-order valence-corrected chi connectivity index (χ0v) is 15.3. The fourth-order valence-corrected chi connectivity index (χ4v) is 4.43. The van der Waals surface area contributed by atoms with E-state index in [-0.39, 0.29) is 10.8 Å². The van der Waals surface area contributed by atoms with Gasteiger partial charge in [0.1, 0.15) is 11.8 Å². The van der Waals surface area contributed by atoms with Crippen LogP contribution < -0.4 is 10.1 Å². The van der Waals surface area contributed by atoms with Crippen LogP contribution in [-0.4, -0.2) is 44.9 Å². The number of ether oxygens (including phenoxy) is 1. The first-order valence-corrected chi connectivity index (χ1v) is 9.74. The quantitative estimate of drug-likeness (QED) is 0.813. The van der Waals surface area contributed by atoms with Crippen LogP contribution in [0.25, 0.3) is 0 Å². The fraction of sp³-hybridized carbons (Fsp3) is 0.588. The van der Waals surface area contributed by atoms with Crippen molar-refractivity contribution in [3.63, 3.8) is 0 Å². The second kappa shape index (κ2) is 7.98. The Morgan fingerprint density at radius 1 is 1.33 bits per heavy atom. The molecule has 24 heavy (non-hydrogen) atoms. The molecule has 1 atom stereocenters. The Labute approximate surface area is 144 Å². The van der Waals surface area contributed by atoms with Gasteiger partial charge in [0, 0.05) is 13.1 Å². The topological polar surface area (TPSA) is 75.7 Å². The molecule has 134 valence electrons. The minimum Gasteiger partial charge on any atom is -0.497 e. The number of nitrogens with one attached hydrogen (secondary N) is 1. The highest BCUT2D eigenvalue weighted by Gasteiger charge is 2.39. The number of carbonyl (C=O) groups excluding carboxylic acids is 1. The first-order chi connectivity index (χ1) is 11.4. The van der Waals surface area contributed by atoms with Crippen LogP contribution in [0.5, 0.6) is 5.75 Å². The van der Waals surface area contributed by atoms with Crippen LogP contribution in [-0.2, 0) is 14.8 Å². The molecule has 1 aromatic carbocycles. The van der Waals surface area contributed by atoms with E-state index in [1.165, 1.54) is 23.5 Å². The van der Waals surface area contributed by atoms with Crippen LogP contribution in [0.3, 0.4) is 0 Å². The normalized spacial score (nSPS) is 18.8. The molecular weight excluding hydrogens is 328 g/mol. The molecule has 0 spiro atoms. The van der Waals surface area contributed by atoms with Gasteiger partial charge < -0.3 is 10.1 Å². The van der Waals surface area contributed by atoms with Gasteiger partial charge in [0.15, 0.2) is 0 Å². The number of carbonyl (C=O) groups is 1. The molecule has 1 fully saturated rings. The van der Waals surface area contributed by atoms with Crippen molar-refractivity contribution in [1.82, 2.24) is 9.62 Å². The summed E-state index contributed by atoms with van der Waals surface area (Å²) in [5.74, 6) is 0.886. The van der Waals surface area contributed by atoms with Crippen LogP contribution in [0.15, 0.2) is 29.2 Å². The third-order valence-corrected chi connectivity index (χ3v) is 6.12. The van der Waals surface area contributed by atoms with Crippen LogP contribution in [0, 0.1) is 5.92 Å². The molecule has 1 amide bonds. The number of amides is 1. The van der Waals surface area contributed by atoms with Gasteiger partial charge in [-0.15, -0.1) is 0 Å². The van der Waals surface area contributed by atoms with Gasteiger partial charge in [-0.05, 0) is 49.4 Å². The summed E-state index contributed by atoms with van der Waals surface area (Å²) in [7, 11) is -2.15. The van der Waals surface area contributed by atoms with E-state index in [9.17, 15) is 13.2 Å². The third-order valence-electron chi connectivity index (χ3n) is 4.19. The highest BCUT2D eigenvalue weighted by atomic mass is 32.2. The van der Waals surface area contributed by atoms with Gasteiger partial charge in [-0.25, -0.2) is 8.42 Å². The summed E-state index contributed by atoms with van der Waals surface area (Å²) in [5, 5.41) is 2.86. The van der Waals surface area contributed by atoms with E-state index < -0.39 is 16.1 Å². The van der Waals surface area contributed by atoms with Gasteiger partial charge in [-0.1, -0.05) is 13.8 Å². The van der Waals surface area contributed by atoms with Crippen molar-refractivity contribution in [1.29, 1.82) is 0 Å². The Hall–Kier alpha value is -1.60. The Kier molecular flexibility index (Phi) is 6.23. The van der Waals surface area contributed by atoms with Crippen LogP contribution in [0.1, 0.15) is 33.1 Å². The second-order valence-corrected chi connectivity index (χ2v) is 8.31. The Morgan fingerprint density at radius 2 is 2.00 bits per heavy atom. The van der Waals surface area contributed by atoms with Crippen LogP contribution in [0.4, 0.5) is 0 Å². The zero-order chi connectivity index (χ0) is 17.7. The van der Waals surface area contributed by atoms with Gasteiger partial charge in [0.25, 0.3) is 0 Å². The van der Waals surface area contributed by atoms with Gasteiger partial charge in [-0.2, -0.15) is 4.31 Å². The number of nitrogens with zero attached hydrogens (tertiary/aromatic N) is 1. The predicted molar refractivity (Wildman–Crippen MR) is 92.4 cm³/mol. The molecular formula is C17H26N2O4S. The lowest BCUT2D eigenvalue weighted by Crippen LogP contribution is -2.46. The summed E-state index contributed by atoms with van der Waals surface area (Å²) in [6.07, 6.45) is 2.13.